The summed E-state index contributed by atoms with van der Waals surface area (Å²) in [6.45, 7) is 0. The summed E-state index contributed by atoms with van der Waals surface area (Å²) >= 11 is -8.32. The number of para-hydroxylation sites is 2. The van der Waals surface area contributed by atoms with Gasteiger partial charge in [-0.25, -0.2) is 0 Å². The minimum atomic E-state index is -5.29. The zero-order chi connectivity index (χ0) is 32.4. The Balaban J connectivity index is 0.00000368. The molecule has 0 amide bonds. The molecule has 0 aromatic heterocycles. The SMILES string of the molecule is O=[AsH](O)Oc1ccccc1N=Nc1c(S(=O)(=O)O)cc2cc(S(=O)(=O)O)c(N=Nc3ccccc3O[AsH](=O)O)c([O-])c2c1[O-].[Na+].[Na+]. The van der Waals surface area contributed by atoms with Crippen LogP contribution in [0.25, 0.3) is 10.8 Å². The van der Waals surface area contributed by atoms with Crippen molar-refractivity contribution in [2.24, 2.45) is 20.5 Å². The molecule has 0 saturated heterocycles. The molecule has 0 fully saturated rings. The Morgan fingerprint density at radius 3 is 1.30 bits per heavy atom. The molecular formula is C22H16As2N4Na2O14S2. The van der Waals surface area contributed by atoms with Crippen molar-refractivity contribution in [2.45, 2.75) is 9.79 Å². The van der Waals surface area contributed by atoms with Crippen molar-refractivity contribution in [3.8, 4) is 23.0 Å². The van der Waals surface area contributed by atoms with Crippen LogP contribution in [0.4, 0.5) is 22.7 Å². The van der Waals surface area contributed by atoms with Crippen LogP contribution in [0.2, 0.25) is 0 Å². The van der Waals surface area contributed by atoms with Crippen molar-refractivity contribution in [1.29, 1.82) is 0 Å². The minimum absolute atomic E-state index is 0. The maximum absolute atomic E-state index is 13.5. The van der Waals surface area contributed by atoms with Crippen molar-refractivity contribution < 1.29 is 118 Å². The van der Waals surface area contributed by atoms with Crippen LogP contribution in [-0.2, 0) is 27.7 Å². The standard InChI is InChI=1S/C22H18As2N4O14S2.2Na/c29-21-18-11(9-16(43(35,36)37)19(21)27-25-12-5-1-3-7-14(12)41-23(31)32)10-17(44(38,39)40)20(22(18)30)28-26-13-6-2-4-8-15(13)42-24(33)34;;/h1-10,23-24,29-30H,(H,31,32)(H,33,34)(H,35,36,37)(H,38,39,40);;/q;2*+1/p-2. The van der Waals surface area contributed by atoms with Gasteiger partial charge in [0.05, 0.1) is 0 Å². The third kappa shape index (κ3) is 9.54. The summed E-state index contributed by atoms with van der Waals surface area (Å²) in [5.74, 6) is -3.50. The summed E-state index contributed by atoms with van der Waals surface area (Å²) < 4.78 is 119. The van der Waals surface area contributed by atoms with Gasteiger partial charge in [-0.2, -0.15) is 0 Å². The normalized spacial score (nSPS) is 13.2. The van der Waals surface area contributed by atoms with Crippen molar-refractivity contribution in [1.82, 2.24) is 0 Å². The van der Waals surface area contributed by atoms with Crippen molar-refractivity contribution in [3.05, 3.63) is 60.7 Å². The summed E-state index contributed by atoms with van der Waals surface area (Å²) in [5, 5.41) is 39.7. The quantitative estimate of drug-likeness (QED) is 0.0665. The molecule has 0 bridgehead atoms. The van der Waals surface area contributed by atoms with E-state index in [1.54, 1.807) is 0 Å². The van der Waals surface area contributed by atoms with E-state index in [9.17, 15) is 43.6 Å². The van der Waals surface area contributed by atoms with Crippen LogP contribution in [0.3, 0.4) is 0 Å². The molecule has 2 atom stereocenters. The van der Waals surface area contributed by atoms with Gasteiger partial charge in [0.15, 0.2) is 0 Å². The second-order valence-corrected chi connectivity index (χ2v) is 14.1. The number of fused-ring (bicyclic) bond motifs is 1. The summed E-state index contributed by atoms with van der Waals surface area (Å²) in [4.78, 5) is -2.42. The van der Waals surface area contributed by atoms with E-state index in [2.05, 4.69) is 20.5 Å². The second kappa shape index (κ2) is 16.4. The van der Waals surface area contributed by atoms with Crippen LogP contribution in [0, 0.1) is 0 Å². The Morgan fingerprint density at radius 1 is 0.630 bits per heavy atom. The summed E-state index contributed by atoms with van der Waals surface area (Å²) in [7, 11) is -10.6. The summed E-state index contributed by atoms with van der Waals surface area (Å²) in [6, 6.07) is 11.5. The number of rotatable bonds is 10. The molecule has 4 N–H and O–H groups in total. The van der Waals surface area contributed by atoms with Gasteiger partial charge in [0, 0.05) is 0 Å². The van der Waals surface area contributed by atoms with Gasteiger partial charge in [0.2, 0.25) is 0 Å². The average Bonchev–Trinajstić information content (AvgIpc) is 2.91. The third-order valence-corrected chi connectivity index (χ3v) is 8.80. The predicted octanol–water partition coefficient (Wildman–Crippen LogP) is -4.64. The number of nitrogens with zero attached hydrogens (tertiary/aromatic N) is 4. The molecule has 0 heterocycles. The largest absolute Gasteiger partial charge is 1.00 e. The molecular weight excluding hydrogens is 804 g/mol. The molecule has 0 spiro atoms. The van der Waals surface area contributed by atoms with Crippen molar-refractivity contribution in [2.75, 3.05) is 0 Å². The van der Waals surface area contributed by atoms with Gasteiger partial charge in [-0.15, -0.1) is 0 Å². The monoisotopic (exact) mass is 820 g/mol. The van der Waals surface area contributed by atoms with Crippen LogP contribution >= 0.6 is 0 Å². The van der Waals surface area contributed by atoms with E-state index in [1.807, 2.05) is 0 Å². The number of hydrogen-bond acceptors (Lipinski definition) is 14. The third-order valence-electron chi connectivity index (χ3n) is 5.41. The van der Waals surface area contributed by atoms with E-state index in [1.165, 1.54) is 48.5 Å². The second-order valence-electron chi connectivity index (χ2n) is 8.22. The predicted molar refractivity (Wildman–Crippen MR) is 145 cm³/mol. The van der Waals surface area contributed by atoms with Gasteiger partial charge in [-0.1, -0.05) is 0 Å². The topological polar surface area (TPSA) is 297 Å². The molecule has 4 aromatic carbocycles. The van der Waals surface area contributed by atoms with Gasteiger partial charge in [0.1, 0.15) is 0 Å². The van der Waals surface area contributed by atoms with Gasteiger partial charge < -0.3 is 0 Å². The molecule has 0 radical (unpaired) electrons. The Kier molecular flexibility index (Phi) is 14.3. The zero-order valence-electron chi connectivity index (χ0n) is 23.3. The Bertz CT molecular complexity index is 1990. The molecule has 46 heavy (non-hydrogen) atoms. The van der Waals surface area contributed by atoms with Crippen molar-refractivity contribution in [3.63, 3.8) is 0 Å². The first-order valence-electron chi connectivity index (χ1n) is 11.4. The van der Waals surface area contributed by atoms with Crippen LogP contribution in [0.1, 0.15) is 0 Å². The number of azo groups is 2. The van der Waals surface area contributed by atoms with E-state index in [-0.39, 0.29) is 82.0 Å². The van der Waals surface area contributed by atoms with Crippen LogP contribution in [0.5, 0.6) is 23.0 Å². The van der Waals surface area contributed by atoms with Crippen LogP contribution in [0.15, 0.2) is 90.9 Å². The molecule has 18 nitrogen and oxygen atoms in total. The van der Waals surface area contributed by atoms with E-state index < -0.39 is 94.2 Å². The van der Waals surface area contributed by atoms with Crippen LogP contribution < -0.4 is 76.8 Å². The molecule has 4 rings (SSSR count). The average molecular weight is 820 g/mol. The van der Waals surface area contributed by atoms with E-state index in [4.69, 9.17) is 15.6 Å². The molecule has 24 heteroatoms. The number of hydrogen-bond donors (Lipinski definition) is 4. The molecule has 0 aliphatic carbocycles. The molecule has 232 valence electrons. The van der Waals surface area contributed by atoms with Gasteiger partial charge in [0.25, 0.3) is 0 Å². The first-order chi connectivity index (χ1) is 20.6. The molecule has 0 saturated carbocycles. The van der Waals surface area contributed by atoms with Crippen LogP contribution in [-0.4, -0.2) is 64.7 Å². The fourth-order valence-electron chi connectivity index (χ4n) is 3.66. The van der Waals surface area contributed by atoms with Gasteiger partial charge in [-0.05, 0) is 0 Å². The minimum Gasteiger partial charge on any atom is 1.00 e. The smallest absolute Gasteiger partial charge is 1.00 e. The molecule has 2 unspecified atom stereocenters. The number of benzene rings is 4. The first-order valence-corrected chi connectivity index (χ1v) is 19.6. The summed E-state index contributed by atoms with van der Waals surface area (Å²) in [5.41, 5.74) is -2.75. The van der Waals surface area contributed by atoms with E-state index in [0.717, 1.165) is 0 Å². The first kappa shape index (κ1) is 40.2. The zero-order valence-corrected chi connectivity index (χ0v) is 33.1. The molecule has 0 aliphatic rings. The summed E-state index contributed by atoms with van der Waals surface area (Å²) in [6.07, 6.45) is 0. The Hall–Kier alpha value is -2.00. The molecule has 4 aromatic rings. The Morgan fingerprint density at radius 2 is 0.978 bits per heavy atom. The van der Waals surface area contributed by atoms with Crippen molar-refractivity contribution >= 4 is 84.3 Å². The fraction of sp³-hybridized carbons (Fsp3) is 0. The van der Waals surface area contributed by atoms with Gasteiger partial charge in [-0.3, -0.25) is 0 Å². The maximum atomic E-state index is 13.5. The Labute approximate surface area is 313 Å². The van der Waals surface area contributed by atoms with Gasteiger partial charge >= 0.3 is 317 Å². The van der Waals surface area contributed by atoms with E-state index >= 15 is 0 Å². The van der Waals surface area contributed by atoms with E-state index in [0.29, 0.717) is 12.1 Å². The molecule has 0 aliphatic heterocycles. The maximum Gasteiger partial charge on any atom is 1.00 e. The fourth-order valence-corrected chi connectivity index (χ4v) is 6.48.